The molecule has 5 heteroatoms. The van der Waals surface area contributed by atoms with Crippen LogP contribution in [0.1, 0.15) is 5.01 Å². The van der Waals surface area contributed by atoms with Crippen LogP contribution in [0.4, 0.5) is 0 Å². The van der Waals surface area contributed by atoms with Crippen LogP contribution in [0, 0.1) is 6.92 Å². The molecule has 0 spiro atoms. The molecule has 1 heterocycles. The summed E-state index contributed by atoms with van der Waals surface area (Å²) in [6.07, 6.45) is 0. The fourth-order valence-electron chi connectivity index (χ4n) is 1.15. The molecule has 0 bridgehead atoms. The van der Waals surface area contributed by atoms with E-state index in [4.69, 9.17) is 23.2 Å². The van der Waals surface area contributed by atoms with Crippen molar-refractivity contribution in [3.63, 3.8) is 0 Å². The lowest BCUT2D eigenvalue weighted by Gasteiger charge is -1.99. The Hall–Kier alpha value is -0.0900. The van der Waals surface area contributed by atoms with Gasteiger partial charge in [-0.3, -0.25) is 0 Å². The summed E-state index contributed by atoms with van der Waals surface area (Å²) >= 11 is 13.4. The van der Waals surface area contributed by atoms with E-state index in [9.17, 15) is 0 Å². The van der Waals surface area contributed by atoms with Crippen LogP contribution in [0.5, 0.6) is 0 Å². The second-order valence-electron chi connectivity index (χ2n) is 2.88. The van der Waals surface area contributed by atoms with E-state index in [1.54, 1.807) is 17.4 Å². The van der Waals surface area contributed by atoms with Crippen LogP contribution >= 0.6 is 34.5 Å². The maximum atomic E-state index is 5.91. The highest BCUT2D eigenvalue weighted by Crippen LogP contribution is 2.28. The molecule has 0 saturated heterocycles. The monoisotopic (exact) mass is 322 g/mol. The van der Waals surface area contributed by atoms with Crippen molar-refractivity contribution in [2.24, 2.45) is 0 Å². The van der Waals surface area contributed by atoms with Crippen LogP contribution in [0.25, 0.3) is 11.3 Å². The molecule has 2 aromatic rings. The molecule has 0 N–H and O–H groups in total. The molecule has 0 aliphatic heterocycles. The molecule has 80 valence electrons. The molecule has 15 heavy (non-hydrogen) atoms. The topological polar surface area (TPSA) is 12.9 Å². The Morgan fingerprint density at radius 3 is 2.47 bits per heavy atom. The quantitative estimate of drug-likeness (QED) is 0.773. The highest BCUT2D eigenvalue weighted by molar-refractivity contribution is 7.09. The molecule has 0 aliphatic rings. The number of benzene rings is 1. The summed E-state index contributed by atoms with van der Waals surface area (Å²) < 4.78 is 0. The zero-order valence-corrected chi connectivity index (χ0v) is 11.7. The van der Waals surface area contributed by atoms with Crippen molar-refractivity contribution in [1.82, 2.24) is 4.98 Å². The van der Waals surface area contributed by atoms with Crippen molar-refractivity contribution in [3.8, 4) is 11.3 Å². The van der Waals surface area contributed by atoms with E-state index in [2.05, 4.69) is 4.98 Å². The van der Waals surface area contributed by atoms with Gasteiger partial charge in [0.05, 0.1) is 20.7 Å². The van der Waals surface area contributed by atoms with Gasteiger partial charge in [-0.1, -0.05) is 29.3 Å². The Bertz CT molecular complexity index is 470. The third kappa shape index (κ3) is 2.94. The second kappa shape index (κ2) is 5.30. The lowest BCUT2D eigenvalue weighted by atomic mass is 10.2. The number of thiazole rings is 1. The van der Waals surface area contributed by atoms with Gasteiger partial charge in [0.25, 0.3) is 0 Å². The maximum absolute atomic E-state index is 5.91. The van der Waals surface area contributed by atoms with Gasteiger partial charge in [0.1, 0.15) is 0 Å². The Morgan fingerprint density at radius 2 is 1.93 bits per heavy atom. The highest BCUT2D eigenvalue weighted by Gasteiger charge is 2.04. The number of hydrogen-bond acceptors (Lipinski definition) is 2. The van der Waals surface area contributed by atoms with Crippen molar-refractivity contribution in [1.29, 1.82) is 0 Å². The van der Waals surface area contributed by atoms with Crippen molar-refractivity contribution >= 4 is 34.5 Å². The molecule has 0 unspecified atom stereocenters. The zero-order valence-electron chi connectivity index (χ0n) is 7.80. The minimum Gasteiger partial charge on any atom is -1.00 e. The number of rotatable bonds is 1. The Balaban J connectivity index is 0.00000112. The first kappa shape index (κ1) is 13.0. The van der Waals surface area contributed by atoms with Crippen molar-refractivity contribution in [2.75, 3.05) is 0 Å². The molecule has 0 fully saturated rings. The van der Waals surface area contributed by atoms with Gasteiger partial charge in [-0.2, -0.15) is 0 Å². The summed E-state index contributed by atoms with van der Waals surface area (Å²) in [6.45, 7) is 1.98. The summed E-state index contributed by atoms with van der Waals surface area (Å²) in [7, 11) is 0. The van der Waals surface area contributed by atoms with E-state index in [-0.39, 0.29) is 17.0 Å². The van der Waals surface area contributed by atoms with E-state index in [0.29, 0.717) is 10.0 Å². The number of halogens is 3. The average Bonchev–Trinajstić information content (AvgIpc) is 2.57. The van der Waals surface area contributed by atoms with Gasteiger partial charge >= 0.3 is 0 Å². The van der Waals surface area contributed by atoms with Crippen LogP contribution in [-0.4, -0.2) is 4.98 Å². The zero-order chi connectivity index (χ0) is 10.1. The number of hydrogen-bond donors (Lipinski definition) is 0. The van der Waals surface area contributed by atoms with Gasteiger partial charge in [0.2, 0.25) is 0 Å². The standard InChI is InChI=1S/C10H7Cl2NS.BrH/c1-6-13-10(5-14-6)7-2-3-8(11)9(12)4-7;/h2-5H,1H3;1H/p-1. The van der Waals surface area contributed by atoms with E-state index < -0.39 is 0 Å². The molecule has 0 amide bonds. The van der Waals surface area contributed by atoms with E-state index in [1.165, 1.54) is 0 Å². The molecule has 0 radical (unpaired) electrons. The van der Waals surface area contributed by atoms with Crippen LogP contribution in [0.3, 0.4) is 0 Å². The summed E-state index contributed by atoms with van der Waals surface area (Å²) in [5.41, 5.74) is 1.95. The molecule has 0 saturated carbocycles. The summed E-state index contributed by atoms with van der Waals surface area (Å²) in [4.78, 5) is 4.37. The van der Waals surface area contributed by atoms with Gasteiger partial charge in [0, 0.05) is 10.9 Å². The van der Waals surface area contributed by atoms with Gasteiger partial charge in [0.15, 0.2) is 0 Å². The lowest BCUT2D eigenvalue weighted by molar-refractivity contribution is -0.00000267. The lowest BCUT2D eigenvalue weighted by Crippen LogP contribution is -3.00. The molecule has 1 aromatic heterocycles. The smallest absolute Gasteiger partial charge is 0.0901 e. The first-order valence-electron chi connectivity index (χ1n) is 4.04. The van der Waals surface area contributed by atoms with E-state index >= 15 is 0 Å². The Kier molecular flexibility index (Phi) is 4.59. The van der Waals surface area contributed by atoms with Crippen molar-refractivity contribution in [2.45, 2.75) is 6.92 Å². The summed E-state index contributed by atoms with van der Waals surface area (Å²) in [5, 5.41) is 4.19. The van der Waals surface area contributed by atoms with Crippen molar-refractivity contribution < 1.29 is 17.0 Å². The third-order valence-corrected chi connectivity index (χ3v) is 3.35. The minimum atomic E-state index is 0. The molecule has 1 aromatic carbocycles. The molecule has 1 nitrogen and oxygen atoms in total. The van der Waals surface area contributed by atoms with Gasteiger partial charge in [-0.25, -0.2) is 4.98 Å². The molecular formula is C10H7BrCl2NS-. The highest BCUT2D eigenvalue weighted by atomic mass is 79.9. The first-order chi connectivity index (χ1) is 6.66. The predicted octanol–water partition coefficient (Wildman–Crippen LogP) is 1.43. The van der Waals surface area contributed by atoms with Crippen LogP contribution < -0.4 is 17.0 Å². The van der Waals surface area contributed by atoms with Crippen molar-refractivity contribution in [3.05, 3.63) is 38.6 Å². The summed E-state index contributed by atoms with van der Waals surface area (Å²) in [6, 6.07) is 5.54. The Morgan fingerprint density at radius 1 is 1.20 bits per heavy atom. The van der Waals surface area contributed by atoms with Gasteiger partial charge in [-0.15, -0.1) is 11.3 Å². The number of aromatic nitrogens is 1. The van der Waals surface area contributed by atoms with Crippen LogP contribution in [-0.2, 0) is 0 Å². The second-order valence-corrected chi connectivity index (χ2v) is 4.76. The van der Waals surface area contributed by atoms with E-state index in [1.807, 2.05) is 24.4 Å². The van der Waals surface area contributed by atoms with E-state index in [0.717, 1.165) is 16.3 Å². The minimum absolute atomic E-state index is 0. The average molecular weight is 324 g/mol. The van der Waals surface area contributed by atoms with Gasteiger partial charge < -0.3 is 17.0 Å². The SMILES string of the molecule is Cc1nc(-c2ccc(Cl)c(Cl)c2)cs1.[Br-]. The van der Waals surface area contributed by atoms with Crippen LogP contribution in [0.15, 0.2) is 23.6 Å². The molecule has 2 rings (SSSR count). The first-order valence-corrected chi connectivity index (χ1v) is 5.68. The maximum Gasteiger partial charge on any atom is 0.0901 e. The summed E-state index contributed by atoms with van der Waals surface area (Å²) in [5.74, 6) is 0. The fourth-order valence-corrected chi connectivity index (χ4v) is 2.07. The molecular weight excluding hydrogens is 317 g/mol. The largest absolute Gasteiger partial charge is 1.00 e. The van der Waals surface area contributed by atoms with Crippen LogP contribution in [0.2, 0.25) is 10.0 Å². The predicted molar refractivity (Wildman–Crippen MR) is 62.3 cm³/mol. The number of nitrogens with zero attached hydrogens (tertiary/aromatic N) is 1. The Labute approximate surface area is 113 Å². The third-order valence-electron chi connectivity index (χ3n) is 1.83. The molecule has 0 aliphatic carbocycles. The number of aryl methyl sites for hydroxylation is 1. The fraction of sp³-hybridized carbons (Fsp3) is 0.100. The molecule has 0 atom stereocenters. The normalized spacial score (nSPS) is 9.80. The van der Waals surface area contributed by atoms with Gasteiger partial charge in [-0.05, 0) is 19.1 Å².